The van der Waals surface area contributed by atoms with E-state index in [2.05, 4.69) is 50.0 Å². The Labute approximate surface area is 139 Å². The Kier molecular flexibility index (Phi) is 6.03. The number of hydrogen-bond acceptors (Lipinski definition) is 2. The molecule has 0 bridgehead atoms. The van der Waals surface area contributed by atoms with Crippen LogP contribution in [0.5, 0.6) is 0 Å². The van der Waals surface area contributed by atoms with Crippen LogP contribution in [0.15, 0.2) is 48.3 Å². The third-order valence-corrected chi connectivity index (χ3v) is 3.90. The minimum Gasteiger partial charge on any atom is -0.491 e. The van der Waals surface area contributed by atoms with Gasteiger partial charge in [-0.05, 0) is 43.2 Å². The molecule has 1 aliphatic rings. The van der Waals surface area contributed by atoms with Crippen LogP contribution in [-0.2, 0) is 22.6 Å². The smallest absolute Gasteiger partial charge is 0.248 e. The highest BCUT2D eigenvalue weighted by Gasteiger charge is 2.25. The van der Waals surface area contributed by atoms with E-state index in [1.54, 1.807) is 6.08 Å². The average molecular weight is 313 g/mol. The summed E-state index contributed by atoms with van der Waals surface area (Å²) in [6, 6.07) is 8.39. The molecular weight excluding hydrogens is 286 g/mol. The van der Waals surface area contributed by atoms with Gasteiger partial charge in [-0.25, -0.2) is 0 Å². The first-order chi connectivity index (χ1) is 10.9. The van der Waals surface area contributed by atoms with E-state index in [1.165, 1.54) is 5.56 Å². The average Bonchev–Trinajstić information content (AvgIpc) is 2.84. The van der Waals surface area contributed by atoms with Crippen LogP contribution in [-0.4, -0.2) is 11.9 Å². The van der Waals surface area contributed by atoms with Crippen molar-refractivity contribution < 1.29 is 9.53 Å². The van der Waals surface area contributed by atoms with Gasteiger partial charge in [-0.1, -0.05) is 50.3 Å². The first kappa shape index (κ1) is 17.3. The van der Waals surface area contributed by atoms with Crippen LogP contribution in [0.2, 0.25) is 0 Å². The van der Waals surface area contributed by atoms with E-state index in [0.717, 1.165) is 36.2 Å². The molecule has 0 spiro atoms. The number of nitrogens with one attached hydrogen (secondary N) is 1. The zero-order valence-corrected chi connectivity index (χ0v) is 14.4. The summed E-state index contributed by atoms with van der Waals surface area (Å²) in [5, 5.41) is 2.96. The Morgan fingerprint density at radius 2 is 1.91 bits per heavy atom. The standard InChI is InChI=1S/C20H27NO2/c1-14(2)5-10-18-19(12-20(22)21-18)23-13-17-8-6-16(7-9-17)11-15(3)4/h6-9,12,14,18H,3,5,10-11,13H2,1-2,4H3,(H,21,22)/t18-/m0/s1. The maximum absolute atomic E-state index is 11.6. The molecule has 124 valence electrons. The van der Waals surface area contributed by atoms with E-state index in [4.69, 9.17) is 4.74 Å². The molecule has 0 unspecified atom stereocenters. The first-order valence-electron chi connectivity index (χ1n) is 8.31. The van der Waals surface area contributed by atoms with Gasteiger partial charge in [-0.2, -0.15) is 0 Å². The molecule has 1 aromatic carbocycles. The normalized spacial score (nSPS) is 17.1. The highest BCUT2D eigenvalue weighted by Crippen LogP contribution is 2.20. The highest BCUT2D eigenvalue weighted by atomic mass is 16.5. The van der Waals surface area contributed by atoms with E-state index < -0.39 is 0 Å². The molecule has 1 aliphatic heterocycles. The van der Waals surface area contributed by atoms with Crippen molar-refractivity contribution >= 4 is 5.91 Å². The van der Waals surface area contributed by atoms with E-state index in [0.29, 0.717) is 12.5 Å². The van der Waals surface area contributed by atoms with Gasteiger partial charge >= 0.3 is 0 Å². The molecule has 0 radical (unpaired) electrons. The third kappa shape index (κ3) is 5.59. The summed E-state index contributed by atoms with van der Waals surface area (Å²) in [5.74, 6) is 1.34. The van der Waals surface area contributed by atoms with Crippen molar-refractivity contribution in [2.75, 3.05) is 0 Å². The molecule has 3 heteroatoms. The fourth-order valence-electron chi connectivity index (χ4n) is 2.64. The minimum absolute atomic E-state index is 0.0209. The number of rotatable bonds is 8. The van der Waals surface area contributed by atoms with Crippen LogP contribution in [0.25, 0.3) is 0 Å². The fourth-order valence-corrected chi connectivity index (χ4v) is 2.64. The first-order valence-corrected chi connectivity index (χ1v) is 8.31. The van der Waals surface area contributed by atoms with Crippen molar-refractivity contribution in [1.29, 1.82) is 0 Å². The van der Waals surface area contributed by atoms with Crippen LogP contribution < -0.4 is 5.32 Å². The second-order valence-corrected chi connectivity index (χ2v) is 6.82. The van der Waals surface area contributed by atoms with E-state index in [9.17, 15) is 4.79 Å². The lowest BCUT2D eigenvalue weighted by atomic mass is 10.0. The zero-order chi connectivity index (χ0) is 16.8. The Bertz CT molecular complexity index is 584. The lowest BCUT2D eigenvalue weighted by molar-refractivity contribution is -0.116. The van der Waals surface area contributed by atoms with Crippen LogP contribution in [0.4, 0.5) is 0 Å². The number of ether oxygens (including phenoxy) is 1. The molecule has 23 heavy (non-hydrogen) atoms. The van der Waals surface area contributed by atoms with Gasteiger partial charge in [0.2, 0.25) is 5.91 Å². The highest BCUT2D eigenvalue weighted by molar-refractivity contribution is 5.91. The van der Waals surface area contributed by atoms with Gasteiger partial charge in [0.1, 0.15) is 12.4 Å². The SMILES string of the molecule is C=C(C)Cc1ccc(COC2=CC(=O)N[C@H]2CCC(C)C)cc1. The second kappa shape index (κ2) is 8.00. The topological polar surface area (TPSA) is 38.3 Å². The Morgan fingerprint density at radius 1 is 1.26 bits per heavy atom. The maximum atomic E-state index is 11.6. The number of hydrogen-bond donors (Lipinski definition) is 1. The van der Waals surface area contributed by atoms with Crippen molar-refractivity contribution in [2.45, 2.75) is 52.7 Å². The molecular formula is C20H27NO2. The molecule has 0 aromatic heterocycles. The third-order valence-electron chi connectivity index (χ3n) is 3.90. The van der Waals surface area contributed by atoms with Crippen molar-refractivity contribution in [2.24, 2.45) is 5.92 Å². The van der Waals surface area contributed by atoms with Crippen LogP contribution in [0.1, 0.15) is 44.7 Å². The summed E-state index contributed by atoms with van der Waals surface area (Å²) in [6.45, 7) is 10.8. The minimum atomic E-state index is -0.0504. The Morgan fingerprint density at radius 3 is 2.52 bits per heavy atom. The van der Waals surface area contributed by atoms with Crippen molar-refractivity contribution in [1.82, 2.24) is 5.32 Å². The van der Waals surface area contributed by atoms with Gasteiger partial charge in [0, 0.05) is 6.08 Å². The predicted octanol–water partition coefficient (Wildman–Crippen LogP) is 4.14. The summed E-state index contributed by atoms with van der Waals surface area (Å²) in [5.41, 5.74) is 3.52. The van der Waals surface area contributed by atoms with Gasteiger partial charge in [-0.15, -0.1) is 0 Å². The molecule has 2 rings (SSSR count). The fraction of sp³-hybridized carbons (Fsp3) is 0.450. The molecule has 1 atom stereocenters. The molecule has 1 amide bonds. The van der Waals surface area contributed by atoms with Gasteiger partial charge < -0.3 is 10.1 Å². The molecule has 1 heterocycles. The van der Waals surface area contributed by atoms with Crippen LogP contribution in [0.3, 0.4) is 0 Å². The molecule has 0 aliphatic carbocycles. The van der Waals surface area contributed by atoms with Crippen molar-refractivity contribution in [3.63, 3.8) is 0 Å². The predicted molar refractivity (Wildman–Crippen MR) is 93.8 cm³/mol. The summed E-state index contributed by atoms with van der Waals surface area (Å²) < 4.78 is 5.89. The summed E-state index contributed by atoms with van der Waals surface area (Å²) in [6.07, 6.45) is 4.48. The monoisotopic (exact) mass is 313 g/mol. The van der Waals surface area contributed by atoms with Gasteiger partial charge in [-0.3, -0.25) is 4.79 Å². The molecule has 0 fully saturated rings. The summed E-state index contributed by atoms with van der Waals surface area (Å²) >= 11 is 0. The molecule has 0 saturated heterocycles. The maximum Gasteiger partial charge on any atom is 0.248 e. The quantitative estimate of drug-likeness (QED) is 0.733. The largest absolute Gasteiger partial charge is 0.491 e. The lowest BCUT2D eigenvalue weighted by Gasteiger charge is -2.17. The van der Waals surface area contributed by atoms with E-state index in [1.807, 2.05) is 6.92 Å². The second-order valence-electron chi connectivity index (χ2n) is 6.82. The van der Waals surface area contributed by atoms with Gasteiger partial charge in [0.05, 0.1) is 6.04 Å². The number of carbonyl (C=O) groups is 1. The number of allylic oxidation sites excluding steroid dienone is 1. The van der Waals surface area contributed by atoms with Crippen LogP contribution in [0, 0.1) is 5.92 Å². The van der Waals surface area contributed by atoms with E-state index in [-0.39, 0.29) is 11.9 Å². The summed E-state index contributed by atoms with van der Waals surface area (Å²) in [7, 11) is 0. The molecule has 1 aromatic rings. The van der Waals surface area contributed by atoms with Crippen molar-refractivity contribution in [3.8, 4) is 0 Å². The van der Waals surface area contributed by atoms with Gasteiger partial charge in [0.15, 0.2) is 0 Å². The Balaban J connectivity index is 1.89. The zero-order valence-electron chi connectivity index (χ0n) is 14.4. The number of benzene rings is 1. The van der Waals surface area contributed by atoms with Gasteiger partial charge in [0.25, 0.3) is 0 Å². The molecule has 1 N–H and O–H groups in total. The van der Waals surface area contributed by atoms with Crippen molar-refractivity contribution in [3.05, 3.63) is 59.4 Å². The number of amides is 1. The number of carbonyl (C=O) groups excluding carboxylic acids is 1. The summed E-state index contributed by atoms with van der Waals surface area (Å²) in [4.78, 5) is 11.6. The Hall–Kier alpha value is -2.03. The lowest BCUT2D eigenvalue weighted by Crippen LogP contribution is -2.29. The molecule has 0 saturated carbocycles. The van der Waals surface area contributed by atoms with Crippen LogP contribution >= 0.6 is 0 Å². The van der Waals surface area contributed by atoms with E-state index >= 15 is 0 Å². The molecule has 3 nitrogen and oxygen atoms in total.